The summed E-state index contributed by atoms with van der Waals surface area (Å²) >= 11 is 6.01. The van der Waals surface area contributed by atoms with Crippen LogP contribution in [-0.2, 0) is 11.2 Å². The van der Waals surface area contributed by atoms with Gasteiger partial charge in [-0.3, -0.25) is 4.79 Å². The lowest BCUT2D eigenvalue weighted by molar-refractivity contribution is -0.127. The van der Waals surface area contributed by atoms with Crippen molar-refractivity contribution in [1.82, 2.24) is 5.32 Å². The highest BCUT2D eigenvalue weighted by Crippen LogP contribution is 2.24. The number of amides is 1. The molecule has 128 valence electrons. The van der Waals surface area contributed by atoms with E-state index < -0.39 is 6.10 Å². The molecule has 5 heteroatoms. The standard InChI is InChI=1S/C19H22ClNO3/c1-3-15-8-10-16(11-9-15)23-13-12-21-19(22)14(2)24-18-7-5-4-6-17(18)20/h4-11,14H,3,12-13H2,1-2H3,(H,21,22)/t14-/m0/s1. The van der Waals surface area contributed by atoms with Crippen molar-refractivity contribution in [2.75, 3.05) is 13.2 Å². The first-order valence-corrected chi connectivity index (χ1v) is 8.38. The number of nitrogens with one attached hydrogen (secondary N) is 1. The Morgan fingerprint density at radius 3 is 2.54 bits per heavy atom. The van der Waals surface area contributed by atoms with Crippen LogP contribution in [0.4, 0.5) is 0 Å². The molecule has 0 spiro atoms. The normalized spacial score (nSPS) is 11.6. The maximum atomic E-state index is 12.0. The minimum atomic E-state index is -0.631. The summed E-state index contributed by atoms with van der Waals surface area (Å²) in [6.07, 6.45) is 0.369. The number of ether oxygens (including phenoxy) is 2. The lowest BCUT2D eigenvalue weighted by Gasteiger charge is -2.15. The van der Waals surface area contributed by atoms with Gasteiger partial charge in [0.25, 0.3) is 5.91 Å². The highest BCUT2D eigenvalue weighted by molar-refractivity contribution is 6.32. The van der Waals surface area contributed by atoms with E-state index >= 15 is 0 Å². The lowest BCUT2D eigenvalue weighted by atomic mass is 10.2. The third kappa shape index (κ3) is 5.46. The van der Waals surface area contributed by atoms with Crippen LogP contribution in [0, 0.1) is 0 Å². The first kappa shape index (κ1) is 18.1. The summed E-state index contributed by atoms with van der Waals surface area (Å²) < 4.78 is 11.2. The van der Waals surface area contributed by atoms with Crippen molar-refractivity contribution in [1.29, 1.82) is 0 Å². The van der Waals surface area contributed by atoms with Crippen molar-refractivity contribution in [2.24, 2.45) is 0 Å². The Balaban J connectivity index is 1.71. The van der Waals surface area contributed by atoms with Crippen molar-refractivity contribution in [3.8, 4) is 11.5 Å². The maximum Gasteiger partial charge on any atom is 0.260 e. The van der Waals surface area contributed by atoms with Crippen LogP contribution in [0.3, 0.4) is 0 Å². The van der Waals surface area contributed by atoms with Crippen LogP contribution in [0.25, 0.3) is 0 Å². The second-order valence-electron chi connectivity index (χ2n) is 5.33. The predicted molar refractivity (Wildman–Crippen MR) is 95.9 cm³/mol. The molecule has 2 aromatic rings. The Labute approximate surface area is 147 Å². The monoisotopic (exact) mass is 347 g/mol. The molecule has 0 aliphatic heterocycles. The van der Waals surface area contributed by atoms with Crippen LogP contribution in [0.2, 0.25) is 5.02 Å². The highest BCUT2D eigenvalue weighted by atomic mass is 35.5. The fraction of sp³-hybridized carbons (Fsp3) is 0.316. The van der Waals surface area contributed by atoms with Gasteiger partial charge in [0, 0.05) is 0 Å². The second-order valence-corrected chi connectivity index (χ2v) is 5.73. The zero-order valence-electron chi connectivity index (χ0n) is 13.9. The Hall–Kier alpha value is -2.20. The van der Waals surface area contributed by atoms with Crippen molar-refractivity contribution >= 4 is 17.5 Å². The molecule has 4 nitrogen and oxygen atoms in total. The van der Waals surface area contributed by atoms with Crippen LogP contribution >= 0.6 is 11.6 Å². The molecule has 0 bridgehead atoms. The molecule has 0 aliphatic carbocycles. The number of carbonyl (C=O) groups excluding carboxylic acids is 1. The fourth-order valence-corrected chi connectivity index (χ4v) is 2.27. The summed E-state index contributed by atoms with van der Waals surface area (Å²) in [6.45, 7) is 4.60. The smallest absolute Gasteiger partial charge is 0.260 e. The van der Waals surface area contributed by atoms with Gasteiger partial charge >= 0.3 is 0 Å². The van der Waals surface area contributed by atoms with Crippen LogP contribution in [0.1, 0.15) is 19.4 Å². The van der Waals surface area contributed by atoms with Gasteiger partial charge in [0.05, 0.1) is 11.6 Å². The summed E-state index contributed by atoms with van der Waals surface area (Å²) in [4.78, 5) is 12.0. The highest BCUT2D eigenvalue weighted by Gasteiger charge is 2.15. The number of hydrogen-bond acceptors (Lipinski definition) is 3. The zero-order chi connectivity index (χ0) is 17.4. The molecule has 1 amide bonds. The van der Waals surface area contributed by atoms with Gasteiger partial charge in [-0.05, 0) is 43.2 Å². The molecule has 0 aromatic heterocycles. The number of rotatable bonds is 8. The van der Waals surface area contributed by atoms with E-state index in [1.54, 1.807) is 19.1 Å². The quantitative estimate of drug-likeness (QED) is 0.737. The summed E-state index contributed by atoms with van der Waals surface area (Å²) in [5.74, 6) is 1.08. The number of para-hydroxylation sites is 1. The van der Waals surface area contributed by atoms with Crippen molar-refractivity contribution < 1.29 is 14.3 Å². The van der Waals surface area contributed by atoms with Crippen molar-refractivity contribution in [2.45, 2.75) is 26.4 Å². The van der Waals surface area contributed by atoms with Crippen LogP contribution < -0.4 is 14.8 Å². The van der Waals surface area contributed by atoms with Gasteiger partial charge in [-0.2, -0.15) is 0 Å². The van der Waals surface area contributed by atoms with E-state index in [1.165, 1.54) is 5.56 Å². The predicted octanol–water partition coefficient (Wildman–Crippen LogP) is 3.86. The molecule has 1 atom stereocenters. The molecule has 2 rings (SSSR count). The average molecular weight is 348 g/mol. The molecule has 1 N–H and O–H groups in total. The third-order valence-electron chi connectivity index (χ3n) is 3.51. The first-order valence-electron chi connectivity index (χ1n) is 8.00. The molecule has 0 saturated carbocycles. The molecule has 24 heavy (non-hydrogen) atoms. The molecule has 0 radical (unpaired) electrons. The topological polar surface area (TPSA) is 47.6 Å². The van der Waals surface area contributed by atoms with E-state index in [-0.39, 0.29) is 5.91 Å². The number of aryl methyl sites for hydroxylation is 1. The second kappa shape index (κ2) is 9.18. The van der Waals surface area contributed by atoms with E-state index in [4.69, 9.17) is 21.1 Å². The molecule has 0 unspecified atom stereocenters. The van der Waals surface area contributed by atoms with Gasteiger partial charge < -0.3 is 14.8 Å². The molecular weight excluding hydrogens is 326 g/mol. The first-order chi connectivity index (χ1) is 11.6. The molecule has 0 fully saturated rings. The minimum Gasteiger partial charge on any atom is -0.492 e. The van der Waals surface area contributed by atoms with E-state index in [0.29, 0.717) is 23.9 Å². The van der Waals surface area contributed by atoms with E-state index in [1.807, 2.05) is 36.4 Å². The number of carbonyl (C=O) groups is 1. The molecule has 0 saturated heterocycles. The summed E-state index contributed by atoms with van der Waals surface area (Å²) in [6, 6.07) is 15.0. The average Bonchev–Trinajstić information content (AvgIpc) is 2.61. The van der Waals surface area contributed by atoms with Gasteiger partial charge in [0.2, 0.25) is 0 Å². The van der Waals surface area contributed by atoms with E-state index in [2.05, 4.69) is 12.2 Å². The van der Waals surface area contributed by atoms with E-state index in [0.717, 1.165) is 12.2 Å². The number of hydrogen-bond donors (Lipinski definition) is 1. The summed E-state index contributed by atoms with van der Waals surface area (Å²) in [5.41, 5.74) is 1.26. The third-order valence-corrected chi connectivity index (χ3v) is 3.82. The van der Waals surface area contributed by atoms with E-state index in [9.17, 15) is 4.79 Å². The zero-order valence-corrected chi connectivity index (χ0v) is 14.7. The minimum absolute atomic E-state index is 0.208. The Kier molecular flexibility index (Phi) is 6.94. The summed E-state index contributed by atoms with van der Waals surface area (Å²) in [5, 5.41) is 3.27. The molecule has 2 aromatic carbocycles. The SMILES string of the molecule is CCc1ccc(OCCNC(=O)[C@H](C)Oc2ccccc2Cl)cc1. The molecule has 0 aliphatic rings. The largest absolute Gasteiger partial charge is 0.492 e. The van der Waals surface area contributed by atoms with Gasteiger partial charge in [0.15, 0.2) is 6.10 Å². The fourth-order valence-electron chi connectivity index (χ4n) is 2.09. The Bertz CT molecular complexity index is 658. The Morgan fingerprint density at radius 1 is 1.17 bits per heavy atom. The van der Waals surface area contributed by atoms with Gasteiger partial charge in [0.1, 0.15) is 18.1 Å². The van der Waals surface area contributed by atoms with Crippen molar-refractivity contribution in [3.05, 3.63) is 59.1 Å². The van der Waals surface area contributed by atoms with Gasteiger partial charge in [-0.1, -0.05) is 42.8 Å². The maximum absolute atomic E-state index is 12.0. The van der Waals surface area contributed by atoms with Crippen LogP contribution in [0.5, 0.6) is 11.5 Å². The number of halogens is 1. The lowest BCUT2D eigenvalue weighted by Crippen LogP contribution is -2.38. The van der Waals surface area contributed by atoms with Crippen molar-refractivity contribution in [3.63, 3.8) is 0 Å². The van der Waals surface area contributed by atoms with Gasteiger partial charge in [-0.15, -0.1) is 0 Å². The van der Waals surface area contributed by atoms with Crippen LogP contribution in [0.15, 0.2) is 48.5 Å². The summed E-state index contributed by atoms with van der Waals surface area (Å²) in [7, 11) is 0. The molecular formula is C19H22ClNO3. The number of benzene rings is 2. The Morgan fingerprint density at radius 2 is 1.88 bits per heavy atom. The molecule has 0 heterocycles. The van der Waals surface area contributed by atoms with Gasteiger partial charge in [-0.25, -0.2) is 0 Å². The van der Waals surface area contributed by atoms with Crippen LogP contribution in [-0.4, -0.2) is 25.2 Å².